The lowest BCUT2D eigenvalue weighted by atomic mass is 10.3. The van der Waals surface area contributed by atoms with Crippen molar-refractivity contribution in [2.75, 3.05) is 23.4 Å². The predicted octanol–water partition coefficient (Wildman–Crippen LogP) is 1.53. The van der Waals surface area contributed by atoms with Crippen LogP contribution in [0, 0.1) is 0 Å². The Morgan fingerprint density at radius 1 is 1.53 bits per heavy atom. The third-order valence-electron chi connectivity index (χ3n) is 1.95. The number of carbonyl (C=O) groups is 2. The van der Waals surface area contributed by atoms with Crippen LogP contribution in [0.3, 0.4) is 0 Å². The summed E-state index contributed by atoms with van der Waals surface area (Å²) in [6, 6.07) is 0. The van der Waals surface area contributed by atoms with Gasteiger partial charge in [0, 0.05) is 0 Å². The number of rotatable bonds is 2. The predicted molar refractivity (Wildman–Crippen MR) is 60.2 cm³/mol. The lowest BCUT2D eigenvalue weighted by Gasteiger charge is -2.16. The molecule has 5 nitrogen and oxygen atoms in total. The lowest BCUT2D eigenvalue weighted by Crippen LogP contribution is -2.27. The fraction of sp³-hybridized carbons (Fsp3) is 0.250. The van der Waals surface area contributed by atoms with Crippen molar-refractivity contribution in [2.45, 2.75) is 4.21 Å². The molecule has 3 N–H and O–H groups in total. The van der Waals surface area contributed by atoms with Gasteiger partial charge in [0.1, 0.15) is 4.88 Å². The van der Waals surface area contributed by atoms with Crippen LogP contribution in [-0.4, -0.2) is 29.8 Å². The molecule has 0 fully saturated rings. The van der Waals surface area contributed by atoms with Crippen molar-refractivity contribution < 1.29 is 14.7 Å². The molecule has 0 saturated heterocycles. The molecule has 80 valence electrons. The van der Waals surface area contributed by atoms with Crippen LogP contribution in [0.15, 0.2) is 4.21 Å². The molecule has 7 heteroatoms. The number of anilines is 2. The van der Waals surface area contributed by atoms with Gasteiger partial charge >= 0.3 is 5.97 Å². The molecule has 0 spiro atoms. The molecular formula is C8H8N2O3S2. The summed E-state index contributed by atoms with van der Waals surface area (Å²) in [5, 5.41) is 14.5. The second kappa shape index (κ2) is 3.74. The van der Waals surface area contributed by atoms with Gasteiger partial charge in [-0.2, -0.15) is 0 Å². The van der Waals surface area contributed by atoms with Crippen LogP contribution >= 0.6 is 23.1 Å². The van der Waals surface area contributed by atoms with E-state index in [1.54, 1.807) is 0 Å². The zero-order chi connectivity index (χ0) is 11.0. The Balaban J connectivity index is 2.54. The SMILES string of the molecule is CSc1sc(C(=O)O)c2c1NCC(=O)N2. The lowest BCUT2D eigenvalue weighted by molar-refractivity contribution is -0.114. The van der Waals surface area contributed by atoms with Gasteiger partial charge in [-0.1, -0.05) is 0 Å². The summed E-state index contributed by atoms with van der Waals surface area (Å²) >= 11 is 2.64. The minimum absolute atomic E-state index is 0.176. The monoisotopic (exact) mass is 244 g/mol. The molecule has 0 bridgehead atoms. The molecule has 0 unspecified atom stereocenters. The number of nitrogens with one attached hydrogen (secondary N) is 2. The highest BCUT2D eigenvalue weighted by Gasteiger charge is 2.26. The van der Waals surface area contributed by atoms with Crippen LogP contribution in [-0.2, 0) is 4.79 Å². The summed E-state index contributed by atoms with van der Waals surface area (Å²) in [5.41, 5.74) is 1.12. The number of carbonyl (C=O) groups excluding carboxylic acids is 1. The van der Waals surface area contributed by atoms with Gasteiger partial charge in [-0.05, 0) is 6.26 Å². The summed E-state index contributed by atoms with van der Waals surface area (Å²) in [5.74, 6) is -1.23. The maximum atomic E-state index is 11.1. The number of amides is 1. The van der Waals surface area contributed by atoms with Crippen molar-refractivity contribution >= 4 is 46.3 Å². The molecule has 0 atom stereocenters. The molecule has 0 aromatic carbocycles. The Labute approximate surface area is 93.9 Å². The van der Waals surface area contributed by atoms with Crippen LogP contribution in [0.5, 0.6) is 0 Å². The number of hydrogen-bond donors (Lipinski definition) is 3. The Kier molecular flexibility index (Phi) is 2.57. The minimum atomic E-state index is -1.01. The molecule has 1 aliphatic heterocycles. The van der Waals surface area contributed by atoms with E-state index < -0.39 is 5.97 Å². The molecule has 1 aliphatic rings. The van der Waals surface area contributed by atoms with Gasteiger partial charge in [0.05, 0.1) is 22.1 Å². The summed E-state index contributed by atoms with van der Waals surface area (Å²) in [6.45, 7) is 0.191. The first-order chi connectivity index (χ1) is 7.13. The van der Waals surface area contributed by atoms with Gasteiger partial charge in [0.15, 0.2) is 0 Å². The van der Waals surface area contributed by atoms with Crippen LogP contribution < -0.4 is 10.6 Å². The summed E-state index contributed by atoms with van der Waals surface area (Å²) in [6.07, 6.45) is 1.87. The second-order valence-electron chi connectivity index (χ2n) is 2.88. The number of fused-ring (bicyclic) bond motifs is 1. The van der Waals surface area contributed by atoms with Crippen molar-refractivity contribution in [3.05, 3.63) is 4.88 Å². The van der Waals surface area contributed by atoms with Gasteiger partial charge in [0.2, 0.25) is 5.91 Å². The molecule has 0 radical (unpaired) electrons. The molecule has 2 heterocycles. The zero-order valence-electron chi connectivity index (χ0n) is 7.79. The average molecular weight is 244 g/mol. The van der Waals surface area contributed by atoms with Crippen molar-refractivity contribution in [1.29, 1.82) is 0 Å². The fourth-order valence-electron chi connectivity index (χ4n) is 1.34. The molecule has 1 aromatic heterocycles. The molecule has 1 amide bonds. The number of thioether (sulfide) groups is 1. The second-order valence-corrected chi connectivity index (χ2v) is 4.98. The highest BCUT2D eigenvalue weighted by molar-refractivity contribution is 8.00. The fourth-order valence-corrected chi connectivity index (χ4v) is 3.10. The van der Waals surface area contributed by atoms with E-state index in [-0.39, 0.29) is 17.3 Å². The van der Waals surface area contributed by atoms with Crippen molar-refractivity contribution in [2.24, 2.45) is 0 Å². The summed E-state index contributed by atoms with van der Waals surface area (Å²) < 4.78 is 0.877. The topological polar surface area (TPSA) is 78.4 Å². The van der Waals surface area contributed by atoms with Crippen LogP contribution in [0.25, 0.3) is 0 Å². The van der Waals surface area contributed by atoms with Gasteiger partial charge in [-0.15, -0.1) is 23.1 Å². The Morgan fingerprint density at radius 2 is 2.27 bits per heavy atom. The van der Waals surface area contributed by atoms with E-state index in [1.165, 1.54) is 23.1 Å². The van der Waals surface area contributed by atoms with Crippen molar-refractivity contribution in [3.8, 4) is 0 Å². The number of hydrogen-bond acceptors (Lipinski definition) is 5. The van der Waals surface area contributed by atoms with Crippen LogP contribution in [0.2, 0.25) is 0 Å². The largest absolute Gasteiger partial charge is 0.477 e. The van der Waals surface area contributed by atoms with Gasteiger partial charge in [-0.3, -0.25) is 4.79 Å². The van der Waals surface area contributed by atoms with Gasteiger partial charge < -0.3 is 15.7 Å². The quantitative estimate of drug-likeness (QED) is 0.688. The first-order valence-corrected chi connectivity index (χ1v) is 6.15. The summed E-state index contributed by atoms with van der Waals surface area (Å²) in [7, 11) is 0. The van der Waals surface area contributed by atoms with E-state index in [2.05, 4.69) is 10.6 Å². The van der Waals surface area contributed by atoms with E-state index in [4.69, 9.17) is 5.11 Å². The maximum Gasteiger partial charge on any atom is 0.348 e. The molecule has 0 saturated carbocycles. The van der Waals surface area contributed by atoms with E-state index in [9.17, 15) is 9.59 Å². The number of aromatic carboxylic acids is 1. The van der Waals surface area contributed by atoms with E-state index in [0.717, 1.165) is 9.90 Å². The van der Waals surface area contributed by atoms with E-state index >= 15 is 0 Å². The Morgan fingerprint density at radius 3 is 2.87 bits per heavy atom. The Bertz CT molecular complexity index is 441. The zero-order valence-corrected chi connectivity index (χ0v) is 9.42. The number of carboxylic acids is 1. The smallest absolute Gasteiger partial charge is 0.348 e. The highest BCUT2D eigenvalue weighted by Crippen LogP contribution is 2.44. The molecule has 2 rings (SSSR count). The Hall–Kier alpha value is -1.21. The normalized spacial score (nSPS) is 14.1. The van der Waals surface area contributed by atoms with Crippen molar-refractivity contribution in [1.82, 2.24) is 0 Å². The maximum absolute atomic E-state index is 11.1. The van der Waals surface area contributed by atoms with Gasteiger partial charge in [-0.25, -0.2) is 4.79 Å². The van der Waals surface area contributed by atoms with Crippen LogP contribution in [0.1, 0.15) is 9.67 Å². The molecule has 1 aromatic rings. The standard InChI is InChI=1S/C8H8N2O3S2/c1-14-8-5-4(6(15-8)7(12)13)10-3(11)2-9-5/h9H,2H2,1H3,(H,10,11)(H,12,13). The summed E-state index contributed by atoms with van der Waals surface area (Å²) in [4.78, 5) is 22.2. The molecular weight excluding hydrogens is 236 g/mol. The van der Waals surface area contributed by atoms with E-state index in [1.807, 2.05) is 6.26 Å². The first-order valence-electron chi connectivity index (χ1n) is 4.11. The van der Waals surface area contributed by atoms with Crippen molar-refractivity contribution in [3.63, 3.8) is 0 Å². The number of carboxylic acid groups (broad SMARTS) is 1. The molecule has 15 heavy (non-hydrogen) atoms. The highest BCUT2D eigenvalue weighted by atomic mass is 32.2. The molecule has 0 aliphatic carbocycles. The third kappa shape index (κ3) is 1.68. The van der Waals surface area contributed by atoms with Crippen LogP contribution in [0.4, 0.5) is 11.4 Å². The van der Waals surface area contributed by atoms with E-state index in [0.29, 0.717) is 5.69 Å². The minimum Gasteiger partial charge on any atom is -0.477 e. The van der Waals surface area contributed by atoms with Gasteiger partial charge in [0.25, 0.3) is 0 Å². The first kappa shape index (κ1) is 10.3. The average Bonchev–Trinajstić information content (AvgIpc) is 2.55. The third-order valence-corrected chi connectivity index (χ3v) is 4.24. The number of thiophene rings is 1.